The van der Waals surface area contributed by atoms with E-state index in [0.29, 0.717) is 22.8 Å². The summed E-state index contributed by atoms with van der Waals surface area (Å²) in [6, 6.07) is 12.6. The van der Waals surface area contributed by atoms with Gasteiger partial charge in [-0.3, -0.25) is 0 Å². The minimum atomic E-state index is -1.45. The van der Waals surface area contributed by atoms with E-state index >= 15 is 0 Å². The first kappa shape index (κ1) is 13.9. The summed E-state index contributed by atoms with van der Waals surface area (Å²) >= 11 is 5.81. The van der Waals surface area contributed by atoms with Crippen LogP contribution in [0.2, 0.25) is 5.02 Å². The van der Waals surface area contributed by atoms with Crippen molar-refractivity contribution >= 4 is 24.2 Å². The molecule has 98 valence electrons. The lowest BCUT2D eigenvalue weighted by Gasteiger charge is -2.10. The Hall–Kier alpha value is -1.49. The largest absolute Gasteiger partial charge is 0.489 e. The number of aryl methyl sites for hydroxylation is 1. The van der Waals surface area contributed by atoms with E-state index in [-0.39, 0.29) is 0 Å². The maximum Gasteiger partial charge on any atom is 0.488 e. The van der Waals surface area contributed by atoms with E-state index in [1.54, 1.807) is 18.2 Å². The number of ether oxygens (including phenoxy) is 1. The Kier molecular flexibility index (Phi) is 4.48. The molecule has 0 unspecified atom stereocenters. The lowest BCUT2D eigenvalue weighted by Crippen LogP contribution is -2.31. The van der Waals surface area contributed by atoms with Gasteiger partial charge in [0.2, 0.25) is 0 Å². The van der Waals surface area contributed by atoms with Gasteiger partial charge in [0.1, 0.15) is 12.4 Å². The summed E-state index contributed by atoms with van der Waals surface area (Å²) in [5.74, 6) is 0.692. The van der Waals surface area contributed by atoms with Gasteiger partial charge < -0.3 is 14.8 Å². The van der Waals surface area contributed by atoms with Gasteiger partial charge in [0, 0.05) is 5.02 Å². The van der Waals surface area contributed by atoms with Crippen LogP contribution >= 0.6 is 11.6 Å². The number of halogens is 1. The van der Waals surface area contributed by atoms with E-state index in [0.717, 1.165) is 11.1 Å². The van der Waals surface area contributed by atoms with Gasteiger partial charge in [-0.1, -0.05) is 29.8 Å². The van der Waals surface area contributed by atoms with Crippen LogP contribution in [-0.4, -0.2) is 17.2 Å². The topological polar surface area (TPSA) is 49.7 Å². The van der Waals surface area contributed by atoms with E-state index in [2.05, 4.69) is 0 Å². The Morgan fingerprint density at radius 3 is 2.37 bits per heavy atom. The number of hydrogen-bond acceptors (Lipinski definition) is 3. The van der Waals surface area contributed by atoms with Crippen molar-refractivity contribution in [3.8, 4) is 5.75 Å². The van der Waals surface area contributed by atoms with Crippen LogP contribution in [0.25, 0.3) is 0 Å². The minimum absolute atomic E-state index is 0.442. The van der Waals surface area contributed by atoms with Gasteiger partial charge in [-0.05, 0) is 47.8 Å². The van der Waals surface area contributed by atoms with Crippen LogP contribution in [-0.2, 0) is 6.61 Å². The fraction of sp³-hybridized carbons (Fsp3) is 0.143. The molecular formula is C14H14BClO3. The van der Waals surface area contributed by atoms with E-state index in [4.69, 9.17) is 26.4 Å². The van der Waals surface area contributed by atoms with Crippen molar-refractivity contribution in [1.82, 2.24) is 0 Å². The number of benzene rings is 2. The van der Waals surface area contributed by atoms with Crippen molar-refractivity contribution in [3.05, 3.63) is 58.6 Å². The predicted octanol–water partition coefficient (Wildman–Crippen LogP) is 1.91. The van der Waals surface area contributed by atoms with E-state index in [1.807, 2.05) is 31.2 Å². The third-order valence-corrected chi connectivity index (χ3v) is 3.09. The van der Waals surface area contributed by atoms with Crippen molar-refractivity contribution < 1.29 is 14.8 Å². The van der Waals surface area contributed by atoms with Crippen LogP contribution in [0.3, 0.4) is 0 Å². The van der Waals surface area contributed by atoms with Gasteiger partial charge in [-0.25, -0.2) is 0 Å². The minimum Gasteiger partial charge on any atom is -0.489 e. The summed E-state index contributed by atoms with van der Waals surface area (Å²) in [5, 5.41) is 19.0. The van der Waals surface area contributed by atoms with Crippen LogP contribution in [0.5, 0.6) is 5.75 Å². The molecule has 0 spiro atoms. The van der Waals surface area contributed by atoms with E-state index in [9.17, 15) is 0 Å². The molecule has 0 aliphatic carbocycles. The summed E-state index contributed by atoms with van der Waals surface area (Å²) in [7, 11) is -1.45. The maximum absolute atomic E-state index is 9.13. The molecule has 0 aliphatic rings. The average molecular weight is 277 g/mol. The second kappa shape index (κ2) is 6.11. The molecule has 0 amide bonds. The molecule has 19 heavy (non-hydrogen) atoms. The molecule has 2 N–H and O–H groups in total. The smallest absolute Gasteiger partial charge is 0.488 e. The third kappa shape index (κ3) is 3.74. The van der Waals surface area contributed by atoms with Crippen molar-refractivity contribution in [3.63, 3.8) is 0 Å². The first-order chi connectivity index (χ1) is 9.06. The van der Waals surface area contributed by atoms with Gasteiger partial charge in [0.05, 0.1) is 0 Å². The molecule has 0 bridgehead atoms. The summed E-state index contributed by atoms with van der Waals surface area (Å²) in [5.41, 5.74) is 2.29. The highest BCUT2D eigenvalue weighted by atomic mass is 35.5. The summed E-state index contributed by atoms with van der Waals surface area (Å²) in [6.07, 6.45) is 0. The molecule has 0 aliphatic heterocycles. The molecule has 5 heteroatoms. The fourth-order valence-corrected chi connectivity index (χ4v) is 1.90. The molecule has 0 saturated carbocycles. The van der Waals surface area contributed by atoms with Crippen LogP contribution in [0, 0.1) is 6.92 Å². The van der Waals surface area contributed by atoms with Gasteiger partial charge in [0.15, 0.2) is 0 Å². The Bertz CT molecular complexity index is 555. The van der Waals surface area contributed by atoms with Crippen LogP contribution < -0.4 is 10.2 Å². The highest BCUT2D eigenvalue weighted by molar-refractivity contribution is 6.59. The van der Waals surface area contributed by atoms with Crippen LogP contribution in [0.1, 0.15) is 11.1 Å². The molecule has 0 radical (unpaired) electrons. The summed E-state index contributed by atoms with van der Waals surface area (Å²) < 4.78 is 5.64. The zero-order chi connectivity index (χ0) is 13.8. The molecule has 0 fully saturated rings. The summed E-state index contributed by atoms with van der Waals surface area (Å²) in [6.45, 7) is 2.25. The van der Waals surface area contributed by atoms with Crippen molar-refractivity contribution in [2.24, 2.45) is 0 Å². The molecule has 0 heterocycles. The lowest BCUT2D eigenvalue weighted by molar-refractivity contribution is 0.306. The van der Waals surface area contributed by atoms with Crippen molar-refractivity contribution in [2.45, 2.75) is 13.5 Å². The van der Waals surface area contributed by atoms with Crippen LogP contribution in [0.4, 0.5) is 0 Å². The predicted molar refractivity (Wildman–Crippen MR) is 76.8 cm³/mol. The molecular weight excluding hydrogens is 262 g/mol. The molecule has 0 saturated heterocycles. The standard InChI is InChI=1S/C14H14BClO3/c1-10-8-13(6-7-14(10)15(17)18)19-9-11-2-4-12(16)5-3-11/h2-8,17-18H,9H2,1H3. The average Bonchev–Trinajstić information content (AvgIpc) is 2.37. The highest BCUT2D eigenvalue weighted by Gasteiger charge is 2.13. The fourth-order valence-electron chi connectivity index (χ4n) is 1.77. The normalized spacial score (nSPS) is 10.3. The SMILES string of the molecule is Cc1cc(OCc2ccc(Cl)cc2)ccc1B(O)O. The van der Waals surface area contributed by atoms with Gasteiger partial charge in [-0.2, -0.15) is 0 Å². The maximum atomic E-state index is 9.13. The monoisotopic (exact) mass is 276 g/mol. The van der Waals surface area contributed by atoms with Gasteiger partial charge >= 0.3 is 7.12 Å². The Labute approximate surface area is 117 Å². The Morgan fingerprint density at radius 2 is 1.79 bits per heavy atom. The first-order valence-electron chi connectivity index (χ1n) is 5.90. The molecule has 2 rings (SSSR count). The van der Waals surface area contributed by atoms with Crippen molar-refractivity contribution in [1.29, 1.82) is 0 Å². The molecule has 0 atom stereocenters. The molecule has 2 aromatic rings. The van der Waals surface area contributed by atoms with E-state index in [1.165, 1.54) is 0 Å². The van der Waals surface area contributed by atoms with Gasteiger partial charge in [0.25, 0.3) is 0 Å². The van der Waals surface area contributed by atoms with Gasteiger partial charge in [-0.15, -0.1) is 0 Å². The summed E-state index contributed by atoms with van der Waals surface area (Å²) in [4.78, 5) is 0. The molecule has 2 aromatic carbocycles. The Morgan fingerprint density at radius 1 is 1.11 bits per heavy atom. The lowest BCUT2D eigenvalue weighted by atomic mass is 9.77. The van der Waals surface area contributed by atoms with E-state index < -0.39 is 7.12 Å². The second-order valence-electron chi connectivity index (χ2n) is 4.31. The second-order valence-corrected chi connectivity index (χ2v) is 4.74. The van der Waals surface area contributed by atoms with Crippen molar-refractivity contribution in [2.75, 3.05) is 0 Å². The zero-order valence-corrected chi connectivity index (χ0v) is 11.3. The highest BCUT2D eigenvalue weighted by Crippen LogP contribution is 2.15. The number of hydrogen-bond donors (Lipinski definition) is 2. The van der Waals surface area contributed by atoms with Crippen LogP contribution in [0.15, 0.2) is 42.5 Å². The zero-order valence-electron chi connectivity index (χ0n) is 10.5. The molecule has 0 aromatic heterocycles. The quantitative estimate of drug-likeness (QED) is 0.839. The third-order valence-electron chi connectivity index (χ3n) is 2.84. The number of rotatable bonds is 4. The molecule has 3 nitrogen and oxygen atoms in total. The first-order valence-corrected chi connectivity index (χ1v) is 6.28. The Balaban J connectivity index is 2.04.